The minimum atomic E-state index is 0.0787. The molecule has 0 aliphatic carbocycles. The van der Waals surface area contributed by atoms with Crippen LogP contribution in [0.5, 0.6) is 0 Å². The normalized spacial score (nSPS) is 16.2. The Kier molecular flexibility index (Phi) is 1.07. The Hall–Kier alpha value is -1.19. The molecule has 0 spiro atoms. The molecule has 0 saturated heterocycles. The Labute approximate surface area is 47.3 Å². The highest BCUT2D eigenvalue weighted by Crippen LogP contribution is 1.88. The van der Waals surface area contributed by atoms with Gasteiger partial charge < -0.3 is 16.4 Å². The molecule has 0 bridgehead atoms. The number of nitrogens with one attached hydrogen (secondary N) is 3. The van der Waals surface area contributed by atoms with E-state index in [2.05, 4.69) is 10.6 Å². The SMILES string of the molecule is N=C(N)C1=CNCN1. The third kappa shape index (κ3) is 0.726. The molecule has 0 aromatic rings. The van der Waals surface area contributed by atoms with Gasteiger partial charge in [-0.1, -0.05) is 0 Å². The van der Waals surface area contributed by atoms with Crippen molar-refractivity contribution in [2.75, 3.05) is 6.67 Å². The first kappa shape index (κ1) is 4.96. The minimum absolute atomic E-state index is 0.0787. The fourth-order valence-corrected chi connectivity index (χ4v) is 0.523. The van der Waals surface area contributed by atoms with Gasteiger partial charge in [0.1, 0.15) is 5.84 Å². The van der Waals surface area contributed by atoms with Crippen LogP contribution in [0.3, 0.4) is 0 Å². The zero-order chi connectivity index (χ0) is 5.98. The second-order valence-electron chi connectivity index (χ2n) is 1.53. The Morgan fingerprint density at radius 3 is 2.88 bits per heavy atom. The van der Waals surface area contributed by atoms with Gasteiger partial charge in [0.2, 0.25) is 0 Å². The monoisotopic (exact) mass is 112 g/mol. The predicted octanol–water partition coefficient (Wildman–Crippen LogP) is -1.09. The van der Waals surface area contributed by atoms with Crippen LogP contribution in [0.4, 0.5) is 0 Å². The molecule has 44 valence electrons. The first-order valence-corrected chi connectivity index (χ1v) is 2.32. The molecule has 5 N–H and O–H groups in total. The molecule has 0 saturated carbocycles. The molecule has 0 aromatic carbocycles. The van der Waals surface area contributed by atoms with Crippen LogP contribution in [0, 0.1) is 5.41 Å². The summed E-state index contributed by atoms with van der Waals surface area (Å²) >= 11 is 0. The second kappa shape index (κ2) is 1.73. The summed E-state index contributed by atoms with van der Waals surface area (Å²) in [5, 5.41) is 12.6. The molecule has 8 heavy (non-hydrogen) atoms. The lowest BCUT2D eigenvalue weighted by molar-refractivity contribution is 0.824. The molecule has 0 fully saturated rings. The maximum Gasteiger partial charge on any atom is 0.140 e. The van der Waals surface area contributed by atoms with E-state index in [1.807, 2.05) is 0 Å². The molecular weight excluding hydrogens is 104 g/mol. The Morgan fingerprint density at radius 2 is 2.62 bits per heavy atom. The van der Waals surface area contributed by atoms with Crippen molar-refractivity contribution in [2.24, 2.45) is 5.73 Å². The van der Waals surface area contributed by atoms with E-state index >= 15 is 0 Å². The van der Waals surface area contributed by atoms with Crippen LogP contribution < -0.4 is 16.4 Å². The summed E-state index contributed by atoms with van der Waals surface area (Å²) in [4.78, 5) is 0. The van der Waals surface area contributed by atoms with Gasteiger partial charge in [0, 0.05) is 6.20 Å². The van der Waals surface area contributed by atoms with Crippen molar-refractivity contribution in [3.63, 3.8) is 0 Å². The molecule has 1 aliphatic heterocycles. The van der Waals surface area contributed by atoms with Gasteiger partial charge in [-0.05, 0) is 0 Å². The van der Waals surface area contributed by atoms with Crippen molar-refractivity contribution in [2.45, 2.75) is 0 Å². The Balaban J connectivity index is 2.57. The number of rotatable bonds is 1. The predicted molar refractivity (Wildman–Crippen MR) is 31.1 cm³/mol. The minimum Gasteiger partial charge on any atom is -0.382 e. The molecule has 0 amide bonds. The highest BCUT2D eigenvalue weighted by atomic mass is 15.1. The molecule has 0 aromatic heterocycles. The third-order valence-corrected chi connectivity index (χ3v) is 0.917. The Morgan fingerprint density at radius 1 is 1.88 bits per heavy atom. The molecule has 4 heteroatoms. The van der Waals surface area contributed by atoms with E-state index in [1.54, 1.807) is 6.20 Å². The lowest BCUT2D eigenvalue weighted by Crippen LogP contribution is -2.23. The quantitative estimate of drug-likeness (QED) is 0.257. The zero-order valence-electron chi connectivity index (χ0n) is 4.36. The van der Waals surface area contributed by atoms with Crippen molar-refractivity contribution in [3.05, 3.63) is 11.9 Å². The number of hydrogen-bond donors (Lipinski definition) is 4. The van der Waals surface area contributed by atoms with Gasteiger partial charge in [0.15, 0.2) is 0 Å². The van der Waals surface area contributed by atoms with Gasteiger partial charge in [0.05, 0.1) is 12.4 Å². The van der Waals surface area contributed by atoms with E-state index in [4.69, 9.17) is 11.1 Å². The summed E-state index contributed by atoms with van der Waals surface area (Å²) in [6, 6.07) is 0. The van der Waals surface area contributed by atoms with Crippen molar-refractivity contribution in [1.82, 2.24) is 10.6 Å². The lowest BCUT2D eigenvalue weighted by atomic mass is 10.4. The number of nitrogens with two attached hydrogens (primary N) is 1. The van der Waals surface area contributed by atoms with E-state index in [9.17, 15) is 0 Å². The average Bonchev–Trinajstić information content (AvgIpc) is 2.12. The topological polar surface area (TPSA) is 73.9 Å². The van der Waals surface area contributed by atoms with Crippen molar-refractivity contribution < 1.29 is 0 Å². The maximum absolute atomic E-state index is 6.90. The van der Waals surface area contributed by atoms with Crippen LogP contribution in [0.25, 0.3) is 0 Å². The van der Waals surface area contributed by atoms with Crippen molar-refractivity contribution >= 4 is 5.84 Å². The van der Waals surface area contributed by atoms with Gasteiger partial charge in [0.25, 0.3) is 0 Å². The molecule has 0 unspecified atom stereocenters. The molecule has 1 rings (SSSR count). The van der Waals surface area contributed by atoms with Crippen LogP contribution in [-0.2, 0) is 0 Å². The molecule has 1 aliphatic rings. The summed E-state index contributed by atoms with van der Waals surface area (Å²) < 4.78 is 0. The Bertz CT molecular complexity index is 137. The van der Waals surface area contributed by atoms with E-state index in [0.717, 1.165) is 0 Å². The highest BCUT2D eigenvalue weighted by Gasteiger charge is 2.02. The average molecular weight is 112 g/mol. The molecule has 1 heterocycles. The summed E-state index contributed by atoms with van der Waals surface area (Å²) in [5.41, 5.74) is 5.78. The molecular formula is C4H8N4. The summed E-state index contributed by atoms with van der Waals surface area (Å²) in [6.07, 6.45) is 1.68. The number of hydrogen-bond acceptors (Lipinski definition) is 3. The van der Waals surface area contributed by atoms with Gasteiger partial charge in [-0.15, -0.1) is 0 Å². The number of amidine groups is 1. The highest BCUT2D eigenvalue weighted by molar-refractivity contribution is 5.93. The molecule has 0 atom stereocenters. The largest absolute Gasteiger partial charge is 0.382 e. The smallest absolute Gasteiger partial charge is 0.140 e. The summed E-state index contributed by atoms with van der Waals surface area (Å²) in [5.74, 6) is 0.0787. The summed E-state index contributed by atoms with van der Waals surface area (Å²) in [6.45, 7) is 0.676. The van der Waals surface area contributed by atoms with Gasteiger partial charge in [-0.2, -0.15) is 0 Å². The third-order valence-electron chi connectivity index (χ3n) is 0.917. The van der Waals surface area contributed by atoms with Crippen LogP contribution in [0.15, 0.2) is 11.9 Å². The van der Waals surface area contributed by atoms with E-state index < -0.39 is 0 Å². The van der Waals surface area contributed by atoms with Crippen LogP contribution in [-0.4, -0.2) is 12.5 Å². The zero-order valence-corrected chi connectivity index (χ0v) is 4.36. The van der Waals surface area contributed by atoms with E-state index in [1.165, 1.54) is 0 Å². The fourth-order valence-electron chi connectivity index (χ4n) is 0.523. The lowest BCUT2D eigenvalue weighted by Gasteiger charge is -1.95. The van der Waals surface area contributed by atoms with Crippen LogP contribution >= 0.6 is 0 Å². The summed E-state index contributed by atoms with van der Waals surface area (Å²) in [7, 11) is 0. The van der Waals surface area contributed by atoms with Gasteiger partial charge >= 0.3 is 0 Å². The first-order valence-electron chi connectivity index (χ1n) is 2.32. The van der Waals surface area contributed by atoms with Crippen LogP contribution in [0.1, 0.15) is 0 Å². The van der Waals surface area contributed by atoms with Gasteiger partial charge in [-0.3, -0.25) is 5.41 Å². The first-order chi connectivity index (χ1) is 3.80. The van der Waals surface area contributed by atoms with Crippen LogP contribution in [0.2, 0.25) is 0 Å². The molecule has 0 radical (unpaired) electrons. The maximum atomic E-state index is 6.90. The fraction of sp³-hybridized carbons (Fsp3) is 0.250. The second-order valence-corrected chi connectivity index (χ2v) is 1.53. The van der Waals surface area contributed by atoms with E-state index in [-0.39, 0.29) is 5.84 Å². The standard InChI is InChI=1S/C4H8N4/c5-4(6)3-1-7-2-8-3/h1,7-8H,2H2,(H3,5,6). The van der Waals surface area contributed by atoms with Gasteiger partial charge in [-0.25, -0.2) is 0 Å². The van der Waals surface area contributed by atoms with E-state index in [0.29, 0.717) is 12.4 Å². The van der Waals surface area contributed by atoms with Crippen molar-refractivity contribution in [1.29, 1.82) is 5.41 Å². The van der Waals surface area contributed by atoms with Crippen molar-refractivity contribution in [3.8, 4) is 0 Å². The molecule has 4 nitrogen and oxygen atoms in total.